The molecule has 4 rings (SSSR count). The molecule has 3 aromatic carbocycles. The van der Waals surface area contributed by atoms with Crippen molar-refractivity contribution in [1.82, 2.24) is 5.01 Å². The van der Waals surface area contributed by atoms with Crippen molar-refractivity contribution in [3.05, 3.63) is 101 Å². The summed E-state index contributed by atoms with van der Waals surface area (Å²) in [7, 11) is -1.41. The van der Waals surface area contributed by atoms with Gasteiger partial charge in [-0.2, -0.15) is 5.01 Å². The maximum atomic E-state index is 16.6. The smallest absolute Gasteiger partial charge is 0.429 e. The Morgan fingerprint density at radius 1 is 0.976 bits per heavy atom. The van der Waals surface area contributed by atoms with E-state index in [0.717, 1.165) is 0 Å². The molecule has 1 aliphatic heterocycles. The molecular formula is C31H37F2N3O5Si. The van der Waals surface area contributed by atoms with Crippen molar-refractivity contribution < 1.29 is 32.6 Å². The molecule has 2 atom stereocenters. The monoisotopic (exact) mass is 597 g/mol. The van der Waals surface area contributed by atoms with E-state index in [1.165, 1.54) is 6.07 Å². The number of carbonyl (C=O) groups excluding carboxylic acids is 1. The van der Waals surface area contributed by atoms with E-state index in [1.54, 1.807) is 4.90 Å². The molecule has 3 N–H and O–H groups in total. The summed E-state index contributed by atoms with van der Waals surface area (Å²) in [6, 6.07) is 19.5. The third-order valence-corrected chi connectivity index (χ3v) is 8.48. The van der Waals surface area contributed by atoms with Gasteiger partial charge in [0.2, 0.25) is 0 Å². The lowest BCUT2D eigenvalue weighted by molar-refractivity contribution is -0.00568. The van der Waals surface area contributed by atoms with E-state index in [1.807, 2.05) is 95.3 Å². The number of rotatable bonds is 7. The molecule has 42 heavy (non-hydrogen) atoms. The number of carboxylic acid groups (broad SMARTS) is 1. The molecule has 2 unspecified atom stereocenters. The van der Waals surface area contributed by atoms with Crippen molar-refractivity contribution in [2.75, 3.05) is 18.0 Å². The van der Waals surface area contributed by atoms with Crippen LogP contribution in [-0.2, 0) is 14.8 Å². The van der Waals surface area contributed by atoms with Gasteiger partial charge in [0.05, 0.1) is 23.5 Å². The molecule has 2 amide bonds. The second-order valence-electron chi connectivity index (χ2n) is 11.8. The van der Waals surface area contributed by atoms with Gasteiger partial charge < -0.3 is 19.2 Å². The third kappa shape index (κ3) is 6.24. The number of imide groups is 1. The van der Waals surface area contributed by atoms with Crippen LogP contribution in [0, 0.1) is 11.6 Å². The Labute approximate surface area is 246 Å². The van der Waals surface area contributed by atoms with Crippen molar-refractivity contribution >= 4 is 27.5 Å². The minimum Gasteiger partial charge on any atom is -0.464 e. The Balaban J connectivity index is 2.16. The number of halogens is 2. The average molecular weight is 598 g/mol. The number of amides is 2. The summed E-state index contributed by atoms with van der Waals surface area (Å²) >= 11 is 0. The predicted molar refractivity (Wildman–Crippen MR) is 159 cm³/mol. The van der Waals surface area contributed by atoms with E-state index < -0.39 is 44.6 Å². The first-order valence-electron chi connectivity index (χ1n) is 13.8. The number of hydrogen-bond acceptors (Lipinski definition) is 6. The fourth-order valence-corrected chi connectivity index (χ4v) is 6.46. The van der Waals surface area contributed by atoms with Crippen LogP contribution in [0.5, 0.6) is 0 Å². The first-order valence-corrected chi connectivity index (χ1v) is 15.0. The van der Waals surface area contributed by atoms with Gasteiger partial charge in [-0.15, -0.1) is 0 Å². The quantitative estimate of drug-likeness (QED) is 0.127. The van der Waals surface area contributed by atoms with Gasteiger partial charge in [-0.1, -0.05) is 81.4 Å². The number of hydrogen-bond donors (Lipinski definition) is 2. The van der Waals surface area contributed by atoms with Crippen LogP contribution in [0.3, 0.4) is 0 Å². The van der Waals surface area contributed by atoms with Crippen LogP contribution in [0.15, 0.2) is 66.7 Å². The number of morpholine rings is 1. The Morgan fingerprint density at radius 2 is 1.48 bits per heavy atom. The lowest BCUT2D eigenvalue weighted by Gasteiger charge is -2.43. The summed E-state index contributed by atoms with van der Waals surface area (Å²) in [5.41, 5.74) is -0.956. The van der Waals surface area contributed by atoms with Crippen LogP contribution in [0.1, 0.15) is 61.7 Å². The zero-order valence-electron chi connectivity index (χ0n) is 24.4. The predicted octanol–water partition coefficient (Wildman–Crippen LogP) is 5.18. The van der Waals surface area contributed by atoms with Crippen molar-refractivity contribution in [3.63, 3.8) is 0 Å². The summed E-state index contributed by atoms with van der Waals surface area (Å²) < 4.78 is 45.3. The maximum absolute atomic E-state index is 16.6. The normalized spacial score (nSPS) is 18.0. The molecule has 1 heterocycles. The summed E-state index contributed by atoms with van der Waals surface area (Å²) in [5.74, 6) is 1.27. The second kappa shape index (κ2) is 12.3. The highest BCUT2D eigenvalue weighted by Crippen LogP contribution is 2.48. The summed E-state index contributed by atoms with van der Waals surface area (Å²) in [6.45, 7) is 10.3. The number of nitrogens with zero attached hydrogens (tertiary/aromatic N) is 2. The first-order chi connectivity index (χ1) is 19.8. The molecule has 0 aromatic heterocycles. The largest absolute Gasteiger partial charge is 0.464 e. The summed E-state index contributed by atoms with van der Waals surface area (Å²) in [5, 5.41) is 9.00. The van der Waals surface area contributed by atoms with Crippen LogP contribution in [0.4, 0.5) is 19.3 Å². The number of anilines is 1. The standard InChI is InChI=1S/C31H37F2N3O5Si/c1-19-17-35(18-20(2)40-19)27-24(16-23(25(32)26(27)33)28(37)36(34)29(38)39)31(41-42-30(3,4)5,21-12-8-6-9-13-21)22-14-10-7-11-15-22/h6-16,19-20H,17-18,34,42H2,1-5H3,(H,38,39). The van der Waals surface area contributed by atoms with Gasteiger partial charge >= 0.3 is 6.09 Å². The zero-order chi connectivity index (χ0) is 30.8. The van der Waals surface area contributed by atoms with Gasteiger partial charge in [-0.3, -0.25) is 4.79 Å². The Hall–Kier alpha value is -3.64. The van der Waals surface area contributed by atoms with E-state index in [4.69, 9.17) is 15.0 Å². The third-order valence-electron chi connectivity index (χ3n) is 7.03. The minimum absolute atomic E-state index is 0.0828. The number of hydrazine groups is 1. The molecule has 0 spiro atoms. The van der Waals surface area contributed by atoms with Crippen LogP contribution in [0.25, 0.3) is 0 Å². The van der Waals surface area contributed by atoms with Gasteiger partial charge in [-0.25, -0.2) is 19.4 Å². The number of carbonyl (C=O) groups is 2. The topological polar surface area (TPSA) is 105 Å². The molecule has 224 valence electrons. The molecule has 8 nitrogen and oxygen atoms in total. The number of nitrogens with two attached hydrogens (primary N) is 1. The molecule has 0 bridgehead atoms. The van der Waals surface area contributed by atoms with E-state index in [0.29, 0.717) is 11.1 Å². The molecule has 1 aliphatic rings. The Kier molecular flexibility index (Phi) is 9.17. The van der Waals surface area contributed by atoms with Crippen molar-refractivity contribution in [3.8, 4) is 0 Å². The molecule has 11 heteroatoms. The van der Waals surface area contributed by atoms with Crippen molar-refractivity contribution in [1.29, 1.82) is 0 Å². The van der Waals surface area contributed by atoms with Crippen LogP contribution in [-0.4, -0.2) is 57.2 Å². The second-order valence-corrected chi connectivity index (χ2v) is 14.5. The highest BCUT2D eigenvalue weighted by Gasteiger charge is 2.44. The molecule has 0 radical (unpaired) electrons. The van der Waals surface area contributed by atoms with E-state index in [9.17, 15) is 14.7 Å². The van der Waals surface area contributed by atoms with Crippen LogP contribution in [0.2, 0.25) is 5.04 Å². The maximum Gasteiger partial charge on any atom is 0.429 e. The highest BCUT2D eigenvalue weighted by molar-refractivity contribution is 6.32. The molecule has 1 fully saturated rings. The van der Waals surface area contributed by atoms with Crippen molar-refractivity contribution in [2.45, 2.75) is 57.5 Å². The highest BCUT2D eigenvalue weighted by atomic mass is 28.2. The van der Waals surface area contributed by atoms with Crippen LogP contribution < -0.4 is 10.7 Å². The van der Waals surface area contributed by atoms with E-state index >= 15 is 8.78 Å². The fraction of sp³-hybridized carbons (Fsp3) is 0.355. The molecule has 3 aromatic rings. The molecular weight excluding hydrogens is 560 g/mol. The zero-order valence-corrected chi connectivity index (χ0v) is 25.8. The summed E-state index contributed by atoms with van der Waals surface area (Å²) in [4.78, 5) is 26.4. The molecule has 1 saturated heterocycles. The SMILES string of the molecule is CC1CN(c2c(C(O[SiH2]C(C)(C)C)(c3ccccc3)c3ccccc3)cc(C(=O)N(N)C(=O)O)c(F)c2F)CC(C)O1. The van der Waals surface area contributed by atoms with E-state index in [-0.39, 0.29) is 46.6 Å². The van der Waals surface area contributed by atoms with Gasteiger partial charge in [0.15, 0.2) is 21.4 Å². The Bertz CT molecular complexity index is 1390. The molecule has 0 aliphatic carbocycles. The lowest BCUT2D eigenvalue weighted by Crippen LogP contribution is -2.48. The van der Waals surface area contributed by atoms with Crippen LogP contribution >= 0.6 is 0 Å². The van der Waals surface area contributed by atoms with Crippen molar-refractivity contribution in [2.24, 2.45) is 5.84 Å². The summed E-state index contributed by atoms with van der Waals surface area (Å²) in [6.07, 6.45) is -2.41. The minimum atomic E-state index is -1.81. The van der Waals surface area contributed by atoms with Gasteiger partial charge in [0, 0.05) is 18.7 Å². The fourth-order valence-electron chi connectivity index (χ4n) is 5.32. The number of ether oxygens (including phenoxy) is 1. The Morgan fingerprint density at radius 3 is 1.93 bits per heavy atom. The van der Waals surface area contributed by atoms with Gasteiger partial charge in [0.25, 0.3) is 5.91 Å². The average Bonchev–Trinajstić information content (AvgIpc) is 2.94. The van der Waals surface area contributed by atoms with Gasteiger partial charge in [-0.05, 0) is 36.1 Å². The lowest BCUT2D eigenvalue weighted by atomic mass is 9.78. The molecule has 0 saturated carbocycles. The van der Waals surface area contributed by atoms with Gasteiger partial charge in [0.1, 0.15) is 5.60 Å². The number of benzene rings is 3. The first kappa shape index (κ1) is 31.3. The van der Waals surface area contributed by atoms with E-state index in [2.05, 4.69) is 0 Å².